The van der Waals surface area contributed by atoms with Gasteiger partial charge in [0.05, 0.1) is 0 Å². The maximum absolute atomic E-state index is 8.63. The van der Waals surface area contributed by atoms with Crippen molar-refractivity contribution in [3.63, 3.8) is 0 Å². The van der Waals surface area contributed by atoms with E-state index in [0.29, 0.717) is 0 Å². The van der Waals surface area contributed by atoms with Gasteiger partial charge in [0.2, 0.25) is 20.8 Å². The molecule has 0 rings (SSSR count). The van der Waals surface area contributed by atoms with Crippen molar-refractivity contribution in [2.45, 2.75) is 0 Å². The molecule has 5 N–H and O–H groups in total. The molecule has 0 unspecified atom stereocenters. The van der Waals surface area contributed by atoms with Gasteiger partial charge in [-0.1, -0.05) is 0 Å². The molecule has 9 nitrogen and oxygen atoms in total. The molecule has 13 heteroatoms. The maximum atomic E-state index is 8.63. The van der Waals surface area contributed by atoms with Crippen molar-refractivity contribution in [3.8, 4) is 0 Å². The third kappa shape index (κ3) is 649. The number of hydrogen-bond acceptors (Lipinski definition) is 7. The van der Waals surface area contributed by atoms with Crippen LogP contribution in [-0.2, 0) is 20.8 Å². The summed E-state index contributed by atoms with van der Waals surface area (Å²) in [5, 5.41) is 0. The van der Waals surface area contributed by atoms with E-state index in [2.05, 4.69) is 0 Å². The van der Waals surface area contributed by atoms with Crippen molar-refractivity contribution < 1.29 is 94.2 Å². The van der Waals surface area contributed by atoms with Crippen LogP contribution in [0.3, 0.4) is 0 Å². The molecule has 0 aliphatic heterocycles. The third-order valence-electron chi connectivity index (χ3n) is 0. The van der Waals surface area contributed by atoms with Crippen LogP contribution in [-0.4, -0.2) is 35.0 Å². The second-order valence-electron chi connectivity index (χ2n) is 0.855. The zero-order valence-electron chi connectivity index (χ0n) is 6.87. The predicted molar refractivity (Wildman–Crippen MR) is 29.7 cm³/mol. The molecule has 0 fully saturated rings. The second kappa shape index (κ2) is 11.8. The van der Waals surface area contributed by atoms with Crippen molar-refractivity contribution in [1.29, 1.82) is 0 Å². The second-order valence-corrected chi connectivity index (χ2v) is 2.57. The number of rotatable bonds is 0. The van der Waals surface area contributed by atoms with Crippen LogP contribution in [0.5, 0.6) is 0 Å². The molecular weight excluding hydrogens is 252 g/mol. The van der Waals surface area contributed by atoms with Gasteiger partial charge in [0.25, 0.3) is 0 Å². The topological polar surface area (TPSA) is 190 Å². The zero-order chi connectivity index (χ0) is 9.00. The van der Waals surface area contributed by atoms with Crippen molar-refractivity contribution in [2.24, 2.45) is 0 Å². The maximum Gasteiger partial charge on any atom is 1.00 e. The van der Waals surface area contributed by atoms with Gasteiger partial charge in [-0.3, -0.25) is 9.11 Å². The molecule has 0 saturated carbocycles. The van der Waals surface area contributed by atoms with E-state index in [4.69, 9.17) is 35.0 Å². The van der Waals surface area contributed by atoms with Gasteiger partial charge in [0, 0.05) is 0 Å². The fourth-order valence-electron chi connectivity index (χ4n) is 0. The van der Waals surface area contributed by atoms with E-state index in [-0.39, 0.29) is 65.3 Å². The first kappa shape index (κ1) is 29.3. The van der Waals surface area contributed by atoms with E-state index in [1.165, 1.54) is 0 Å². The quantitative estimate of drug-likeness (QED) is 0.215. The van der Waals surface area contributed by atoms with Crippen LogP contribution in [0, 0.1) is 0 Å². The summed E-state index contributed by atoms with van der Waals surface area (Å²) >= 11 is 0. The molecule has 0 saturated heterocycles. The van der Waals surface area contributed by atoms with Gasteiger partial charge < -0.3 is 15.3 Å². The SMILES string of the molecule is N.O=S(=O)([O-])O.O=S(=O)([O-])O.[Na+].[Na+]. The van der Waals surface area contributed by atoms with Crippen LogP contribution >= 0.6 is 0 Å². The summed E-state index contributed by atoms with van der Waals surface area (Å²) in [7, 11) is -9.83. The molecule has 0 aliphatic carbocycles. The first-order chi connectivity index (χ1) is 4.00. The standard InChI is InChI=1S/H3N.2Na.2H2O4S/c;;;2*1-5(2,3)4/h1H3;;;2*(H2,1,2,3,4)/q;2*+1;;/p-2. The molecule has 0 aromatic carbocycles. The molecule has 0 aromatic heterocycles. The van der Waals surface area contributed by atoms with Crippen LogP contribution in [0.1, 0.15) is 0 Å². The Morgan fingerprint density at radius 3 is 0.769 bits per heavy atom. The Morgan fingerprint density at radius 2 is 0.769 bits per heavy atom. The molecule has 0 aromatic rings. The summed E-state index contributed by atoms with van der Waals surface area (Å²) in [5.74, 6) is 0. The molecule has 0 bridgehead atoms. The Hall–Kier alpha value is 1.70. The molecule has 0 radical (unpaired) electrons. The summed E-state index contributed by atoms with van der Waals surface area (Å²) < 4.78 is 65.7. The van der Waals surface area contributed by atoms with E-state index < -0.39 is 20.8 Å². The van der Waals surface area contributed by atoms with Crippen molar-refractivity contribution in [3.05, 3.63) is 0 Å². The fourth-order valence-corrected chi connectivity index (χ4v) is 0. The van der Waals surface area contributed by atoms with E-state index in [0.717, 1.165) is 0 Å². The summed E-state index contributed by atoms with van der Waals surface area (Å²) in [6, 6.07) is 0. The van der Waals surface area contributed by atoms with Gasteiger partial charge in [-0.25, -0.2) is 16.8 Å². The molecule has 0 atom stereocenters. The van der Waals surface area contributed by atoms with Crippen LogP contribution in [0.4, 0.5) is 0 Å². The summed E-state index contributed by atoms with van der Waals surface area (Å²) in [6.45, 7) is 0. The van der Waals surface area contributed by atoms with E-state index in [9.17, 15) is 0 Å². The van der Waals surface area contributed by atoms with E-state index >= 15 is 0 Å². The molecule has 0 heterocycles. The third-order valence-corrected chi connectivity index (χ3v) is 0. The Labute approximate surface area is 120 Å². The van der Waals surface area contributed by atoms with E-state index in [1.807, 2.05) is 0 Å². The average Bonchev–Trinajstić information content (AvgIpc) is 1.12. The van der Waals surface area contributed by atoms with Crippen molar-refractivity contribution in [1.82, 2.24) is 6.15 Å². The van der Waals surface area contributed by atoms with Gasteiger partial charge in [-0.2, -0.15) is 0 Å². The fraction of sp³-hybridized carbons (Fsp3) is 0. The van der Waals surface area contributed by atoms with Gasteiger partial charge in [-0.05, 0) is 0 Å². The normalized spacial score (nSPS) is 8.92. The van der Waals surface area contributed by atoms with E-state index in [1.54, 1.807) is 0 Å². The van der Waals surface area contributed by atoms with Gasteiger partial charge in [-0.15, -0.1) is 0 Å². The number of hydrogen-bond donors (Lipinski definition) is 3. The zero-order valence-corrected chi connectivity index (χ0v) is 12.5. The predicted octanol–water partition coefficient (Wildman–Crippen LogP) is -7.82. The molecule has 0 amide bonds. The molecule has 0 aliphatic rings. The van der Waals surface area contributed by atoms with Crippen LogP contribution in [0.25, 0.3) is 0 Å². The Bertz CT molecular complexity index is 217. The molecule has 13 heavy (non-hydrogen) atoms. The monoisotopic (exact) mass is 257 g/mol. The minimum absolute atomic E-state index is 0. The Balaban J connectivity index is -0.0000000267. The van der Waals surface area contributed by atoms with Crippen molar-refractivity contribution >= 4 is 20.8 Å². The van der Waals surface area contributed by atoms with Crippen molar-refractivity contribution in [2.75, 3.05) is 0 Å². The Kier molecular flexibility index (Phi) is 26.6. The van der Waals surface area contributed by atoms with Gasteiger partial charge >= 0.3 is 59.1 Å². The average molecular weight is 257 g/mol. The smallest absolute Gasteiger partial charge is 0.726 e. The van der Waals surface area contributed by atoms with Crippen LogP contribution in [0.2, 0.25) is 0 Å². The molecular formula is H5NNa2O8S2. The van der Waals surface area contributed by atoms with Gasteiger partial charge in [0.1, 0.15) is 0 Å². The first-order valence-corrected chi connectivity index (χ1v) is 4.10. The largest absolute Gasteiger partial charge is 1.00 e. The van der Waals surface area contributed by atoms with Gasteiger partial charge in [0.15, 0.2) is 0 Å². The summed E-state index contributed by atoms with van der Waals surface area (Å²) in [4.78, 5) is 0. The summed E-state index contributed by atoms with van der Waals surface area (Å²) in [5.41, 5.74) is 0. The molecule has 72 valence electrons. The Morgan fingerprint density at radius 1 is 0.769 bits per heavy atom. The molecule has 0 spiro atoms. The van der Waals surface area contributed by atoms with Crippen LogP contribution < -0.4 is 65.3 Å². The first-order valence-electron chi connectivity index (χ1n) is 1.37. The minimum atomic E-state index is -4.92. The summed E-state index contributed by atoms with van der Waals surface area (Å²) in [6.07, 6.45) is 0. The van der Waals surface area contributed by atoms with Crippen LogP contribution in [0.15, 0.2) is 0 Å². The minimum Gasteiger partial charge on any atom is -0.726 e.